The van der Waals surface area contributed by atoms with Gasteiger partial charge in [-0.1, -0.05) is 13.8 Å². The lowest BCUT2D eigenvalue weighted by Crippen LogP contribution is -2.31. The molecule has 0 N–H and O–H groups in total. The van der Waals surface area contributed by atoms with E-state index in [0.717, 1.165) is 47.8 Å². The zero-order chi connectivity index (χ0) is 15.6. The predicted molar refractivity (Wildman–Crippen MR) is 88.9 cm³/mol. The van der Waals surface area contributed by atoms with E-state index in [1.165, 1.54) is 18.5 Å². The SMILES string of the molecule is CCn1nc(C)c(Br)c1CC1(C#N)CCC(C(C)C)CC1. The van der Waals surface area contributed by atoms with Gasteiger partial charge in [0.05, 0.1) is 27.3 Å². The molecule has 3 nitrogen and oxygen atoms in total. The Hall–Kier alpha value is -0.820. The zero-order valence-corrected chi connectivity index (χ0v) is 15.2. The minimum absolute atomic E-state index is 0.201. The third-order valence-corrected chi connectivity index (χ3v) is 6.16. The van der Waals surface area contributed by atoms with Crippen LogP contribution in [0.3, 0.4) is 0 Å². The van der Waals surface area contributed by atoms with Gasteiger partial charge in [0.15, 0.2) is 0 Å². The number of hydrogen-bond acceptors (Lipinski definition) is 2. The van der Waals surface area contributed by atoms with E-state index in [2.05, 4.69) is 47.9 Å². The van der Waals surface area contributed by atoms with Gasteiger partial charge in [0.25, 0.3) is 0 Å². The number of aromatic nitrogens is 2. The molecule has 0 aromatic carbocycles. The van der Waals surface area contributed by atoms with E-state index >= 15 is 0 Å². The third kappa shape index (κ3) is 3.34. The molecule has 4 heteroatoms. The molecule has 0 radical (unpaired) electrons. The molecule has 1 aliphatic rings. The van der Waals surface area contributed by atoms with Crippen LogP contribution in [-0.4, -0.2) is 9.78 Å². The largest absolute Gasteiger partial charge is 0.268 e. The lowest BCUT2D eigenvalue weighted by atomic mass is 9.67. The topological polar surface area (TPSA) is 41.6 Å². The van der Waals surface area contributed by atoms with Crippen molar-refractivity contribution in [3.05, 3.63) is 15.9 Å². The minimum atomic E-state index is -0.201. The maximum absolute atomic E-state index is 9.79. The molecule has 0 bridgehead atoms. The molecule has 0 unspecified atom stereocenters. The van der Waals surface area contributed by atoms with Crippen LogP contribution in [0, 0.1) is 35.5 Å². The lowest BCUT2D eigenvalue weighted by molar-refractivity contribution is 0.172. The van der Waals surface area contributed by atoms with Crippen LogP contribution in [0.1, 0.15) is 57.8 Å². The average molecular weight is 352 g/mol. The Morgan fingerprint density at radius 1 is 1.43 bits per heavy atom. The van der Waals surface area contributed by atoms with Gasteiger partial charge >= 0.3 is 0 Å². The predicted octanol–water partition coefficient (Wildman–Crippen LogP) is 4.87. The summed E-state index contributed by atoms with van der Waals surface area (Å²) >= 11 is 3.66. The maximum atomic E-state index is 9.79. The second-order valence-electron chi connectivity index (χ2n) is 6.81. The molecule has 116 valence electrons. The third-order valence-electron chi connectivity index (χ3n) is 5.13. The highest BCUT2D eigenvalue weighted by molar-refractivity contribution is 9.10. The number of halogens is 1. The maximum Gasteiger partial charge on any atom is 0.0738 e. The second kappa shape index (κ2) is 6.52. The van der Waals surface area contributed by atoms with E-state index < -0.39 is 0 Å². The highest BCUT2D eigenvalue weighted by Crippen LogP contribution is 2.44. The number of nitrogens with zero attached hydrogens (tertiary/aromatic N) is 3. The Morgan fingerprint density at radius 3 is 2.52 bits per heavy atom. The molecule has 1 heterocycles. The Bertz CT molecular complexity index is 531. The lowest BCUT2D eigenvalue weighted by Gasteiger charge is -2.36. The molecule has 0 amide bonds. The van der Waals surface area contributed by atoms with Crippen LogP contribution in [0.5, 0.6) is 0 Å². The number of rotatable bonds is 4. The van der Waals surface area contributed by atoms with Gasteiger partial charge in [-0.3, -0.25) is 4.68 Å². The van der Waals surface area contributed by atoms with Crippen molar-refractivity contribution in [3.63, 3.8) is 0 Å². The zero-order valence-electron chi connectivity index (χ0n) is 13.6. The molecule has 0 atom stereocenters. The normalized spacial score (nSPS) is 26.0. The minimum Gasteiger partial charge on any atom is -0.268 e. The van der Waals surface area contributed by atoms with Gasteiger partial charge in [-0.2, -0.15) is 10.4 Å². The molecular weight excluding hydrogens is 326 g/mol. The van der Waals surface area contributed by atoms with Crippen molar-refractivity contribution in [1.82, 2.24) is 9.78 Å². The fraction of sp³-hybridized carbons (Fsp3) is 0.765. The van der Waals surface area contributed by atoms with Crippen LogP contribution >= 0.6 is 15.9 Å². The van der Waals surface area contributed by atoms with Crippen LogP contribution in [0.2, 0.25) is 0 Å². The van der Waals surface area contributed by atoms with E-state index in [0.29, 0.717) is 0 Å². The van der Waals surface area contributed by atoms with Gasteiger partial charge in [-0.15, -0.1) is 0 Å². The summed E-state index contributed by atoms with van der Waals surface area (Å²) in [7, 11) is 0. The molecule has 1 aromatic heterocycles. The summed E-state index contributed by atoms with van der Waals surface area (Å²) in [5.74, 6) is 1.52. The van der Waals surface area contributed by atoms with Crippen molar-refractivity contribution in [3.8, 4) is 6.07 Å². The van der Waals surface area contributed by atoms with Crippen molar-refractivity contribution in [2.75, 3.05) is 0 Å². The first kappa shape index (κ1) is 16.5. The molecule has 1 aromatic rings. The van der Waals surface area contributed by atoms with Crippen molar-refractivity contribution in [2.45, 2.75) is 66.3 Å². The number of hydrogen-bond donors (Lipinski definition) is 0. The highest BCUT2D eigenvalue weighted by atomic mass is 79.9. The van der Waals surface area contributed by atoms with E-state index in [-0.39, 0.29) is 5.41 Å². The summed E-state index contributed by atoms with van der Waals surface area (Å²) in [6, 6.07) is 2.65. The number of nitriles is 1. The van der Waals surface area contributed by atoms with E-state index in [1.807, 2.05) is 11.6 Å². The van der Waals surface area contributed by atoms with Crippen molar-refractivity contribution in [2.24, 2.45) is 17.3 Å². The van der Waals surface area contributed by atoms with Crippen LogP contribution in [0.4, 0.5) is 0 Å². The standard InChI is InChI=1S/C17H26BrN3/c1-5-21-15(16(18)13(4)20-21)10-17(11-19)8-6-14(7-9-17)12(2)3/h12,14H,5-10H2,1-4H3. The molecule has 0 saturated heterocycles. The van der Waals surface area contributed by atoms with Crippen molar-refractivity contribution >= 4 is 15.9 Å². The molecule has 21 heavy (non-hydrogen) atoms. The highest BCUT2D eigenvalue weighted by Gasteiger charge is 2.38. The first-order valence-corrected chi connectivity index (χ1v) is 8.84. The average Bonchev–Trinajstić information content (AvgIpc) is 2.75. The van der Waals surface area contributed by atoms with Crippen LogP contribution < -0.4 is 0 Å². The van der Waals surface area contributed by atoms with Crippen LogP contribution in [0.25, 0.3) is 0 Å². The fourth-order valence-corrected chi connectivity index (χ4v) is 3.97. The Morgan fingerprint density at radius 2 is 2.05 bits per heavy atom. The monoisotopic (exact) mass is 351 g/mol. The molecule has 1 fully saturated rings. The van der Waals surface area contributed by atoms with E-state index in [4.69, 9.17) is 0 Å². The molecule has 0 aliphatic heterocycles. The van der Waals surface area contributed by atoms with Gasteiger partial charge in [-0.05, 0) is 67.3 Å². The van der Waals surface area contributed by atoms with Gasteiger partial charge in [0, 0.05) is 13.0 Å². The van der Waals surface area contributed by atoms with Crippen molar-refractivity contribution in [1.29, 1.82) is 5.26 Å². The van der Waals surface area contributed by atoms with E-state index in [1.54, 1.807) is 0 Å². The summed E-state index contributed by atoms with van der Waals surface area (Å²) in [5, 5.41) is 14.4. The summed E-state index contributed by atoms with van der Waals surface area (Å²) < 4.78 is 3.14. The summed E-state index contributed by atoms with van der Waals surface area (Å²) in [5.41, 5.74) is 2.02. The van der Waals surface area contributed by atoms with Crippen LogP contribution in [-0.2, 0) is 13.0 Å². The van der Waals surface area contributed by atoms with Gasteiger partial charge < -0.3 is 0 Å². The van der Waals surface area contributed by atoms with Crippen LogP contribution in [0.15, 0.2) is 4.47 Å². The molecule has 2 rings (SSSR count). The Labute approximate surface area is 136 Å². The Balaban J connectivity index is 2.19. The summed E-state index contributed by atoms with van der Waals surface area (Å²) in [4.78, 5) is 0. The summed E-state index contributed by atoms with van der Waals surface area (Å²) in [6.07, 6.45) is 5.23. The van der Waals surface area contributed by atoms with Crippen molar-refractivity contribution < 1.29 is 0 Å². The first-order valence-electron chi connectivity index (χ1n) is 8.05. The quantitative estimate of drug-likeness (QED) is 0.775. The fourth-order valence-electron chi connectivity index (χ4n) is 3.55. The van der Waals surface area contributed by atoms with Gasteiger partial charge in [0.1, 0.15) is 0 Å². The smallest absolute Gasteiger partial charge is 0.0738 e. The first-order chi connectivity index (χ1) is 9.92. The number of aryl methyl sites for hydroxylation is 2. The van der Waals surface area contributed by atoms with Gasteiger partial charge in [-0.25, -0.2) is 0 Å². The Kier molecular flexibility index (Phi) is 5.14. The molecule has 0 spiro atoms. The summed E-state index contributed by atoms with van der Waals surface area (Å²) in [6.45, 7) is 9.59. The second-order valence-corrected chi connectivity index (χ2v) is 7.61. The van der Waals surface area contributed by atoms with Gasteiger partial charge in [0.2, 0.25) is 0 Å². The molecule has 1 aliphatic carbocycles. The molecule has 1 saturated carbocycles. The molecular formula is C17H26BrN3. The van der Waals surface area contributed by atoms with E-state index in [9.17, 15) is 5.26 Å².